The van der Waals surface area contributed by atoms with Crippen molar-refractivity contribution in [2.24, 2.45) is 10.1 Å². The summed E-state index contributed by atoms with van der Waals surface area (Å²) in [6.07, 6.45) is 0. The van der Waals surface area contributed by atoms with Crippen LogP contribution in [0, 0.1) is 0 Å². The highest BCUT2D eigenvalue weighted by Gasteiger charge is 2.19. The van der Waals surface area contributed by atoms with Crippen molar-refractivity contribution < 1.29 is 9.53 Å². The lowest BCUT2D eigenvalue weighted by Gasteiger charge is -2.21. The molecule has 0 saturated heterocycles. The normalized spacial score (nSPS) is 14.9. The zero-order valence-corrected chi connectivity index (χ0v) is 20.7. The van der Waals surface area contributed by atoms with Crippen LogP contribution < -0.4 is 20.2 Å². The smallest absolute Gasteiger partial charge is 0.262 e. The molecule has 3 aromatic carbocycles. The van der Waals surface area contributed by atoms with Crippen molar-refractivity contribution in [3.8, 4) is 17.0 Å². The number of benzene rings is 3. The number of carbonyl (C=O) groups is 1. The maximum Gasteiger partial charge on any atom is 0.262 e. The summed E-state index contributed by atoms with van der Waals surface area (Å²) in [6.45, 7) is 2.04. The largest absolute Gasteiger partial charge is 0.482 e. The van der Waals surface area contributed by atoms with Crippen molar-refractivity contribution in [1.29, 1.82) is 0 Å². The minimum Gasteiger partial charge on any atom is -0.482 e. The van der Waals surface area contributed by atoms with Crippen LogP contribution in [0.15, 0.2) is 85.9 Å². The van der Waals surface area contributed by atoms with Crippen molar-refractivity contribution in [2.75, 3.05) is 24.3 Å². The predicted octanol–water partition coefficient (Wildman–Crippen LogP) is 5.56. The van der Waals surface area contributed by atoms with E-state index in [0.717, 1.165) is 38.7 Å². The molecule has 0 fully saturated rings. The number of carbonyl (C=O) groups excluding carboxylic acids is 1. The van der Waals surface area contributed by atoms with E-state index in [4.69, 9.17) is 9.84 Å². The number of anilines is 3. The fourth-order valence-corrected chi connectivity index (χ4v) is 5.83. The van der Waals surface area contributed by atoms with Crippen LogP contribution in [0.5, 0.6) is 5.75 Å². The first-order valence-electron chi connectivity index (χ1n) is 11.0. The molecular formula is C26H21N5O2S2. The predicted molar refractivity (Wildman–Crippen MR) is 141 cm³/mol. The second-order valence-electron chi connectivity index (χ2n) is 8.11. The van der Waals surface area contributed by atoms with Crippen LogP contribution in [-0.2, 0) is 4.79 Å². The number of hydrogen-bond acceptors (Lipinski definition) is 7. The third-order valence-corrected chi connectivity index (χ3v) is 7.87. The standard InChI is InChI=1S/C26H21N5O2S2/c1-15(16-8-10-24-20(11-16)28-18-5-3-4-6-23(18)35-24)30-31-21(14-34-26(31)27-2)17-7-9-22-19(12-17)29-25(32)13-33-22/h3-12,14,28H,13H2,1-2H3,(H,29,32)/b27-26?,30-15-. The maximum atomic E-state index is 11.8. The third kappa shape index (κ3) is 4.02. The molecule has 0 aliphatic carbocycles. The third-order valence-electron chi connectivity index (χ3n) is 5.81. The molecule has 9 heteroatoms. The highest BCUT2D eigenvalue weighted by atomic mass is 32.2. The van der Waals surface area contributed by atoms with Crippen LogP contribution in [-0.4, -0.2) is 29.9 Å². The number of para-hydroxylation sites is 1. The van der Waals surface area contributed by atoms with Gasteiger partial charge < -0.3 is 15.4 Å². The Kier molecular flexibility index (Phi) is 5.43. The van der Waals surface area contributed by atoms with Crippen LogP contribution in [0.3, 0.4) is 0 Å². The first kappa shape index (κ1) is 21.7. The molecule has 1 amide bonds. The summed E-state index contributed by atoms with van der Waals surface area (Å²) >= 11 is 3.28. The van der Waals surface area contributed by atoms with E-state index in [-0.39, 0.29) is 12.5 Å². The topological polar surface area (TPSA) is 80.0 Å². The number of aromatic nitrogens is 1. The average molecular weight is 500 g/mol. The Morgan fingerprint density at radius 1 is 1.00 bits per heavy atom. The molecule has 0 unspecified atom stereocenters. The Hall–Kier alpha value is -3.82. The van der Waals surface area contributed by atoms with Gasteiger partial charge in [0.15, 0.2) is 6.61 Å². The van der Waals surface area contributed by atoms with E-state index in [0.29, 0.717) is 11.4 Å². The lowest BCUT2D eigenvalue weighted by Crippen LogP contribution is -2.25. The number of fused-ring (bicyclic) bond motifs is 3. The van der Waals surface area contributed by atoms with Crippen molar-refractivity contribution in [3.63, 3.8) is 0 Å². The number of hydrogen-bond donors (Lipinski definition) is 2. The fourth-order valence-electron chi connectivity index (χ4n) is 4.06. The summed E-state index contributed by atoms with van der Waals surface area (Å²) in [5, 5.41) is 13.4. The van der Waals surface area contributed by atoms with Gasteiger partial charge >= 0.3 is 0 Å². The Morgan fingerprint density at radius 3 is 2.74 bits per heavy atom. The second kappa shape index (κ2) is 8.75. The molecule has 4 aromatic rings. The van der Waals surface area contributed by atoms with Gasteiger partial charge in [-0.05, 0) is 55.0 Å². The number of amides is 1. The van der Waals surface area contributed by atoms with Crippen molar-refractivity contribution >= 4 is 51.8 Å². The van der Waals surface area contributed by atoms with Crippen molar-refractivity contribution in [1.82, 2.24) is 4.68 Å². The number of rotatable bonds is 3. The van der Waals surface area contributed by atoms with Gasteiger partial charge in [0.05, 0.1) is 28.5 Å². The molecule has 7 nitrogen and oxygen atoms in total. The van der Waals surface area contributed by atoms with E-state index < -0.39 is 0 Å². The zero-order valence-electron chi connectivity index (χ0n) is 19.0. The van der Waals surface area contributed by atoms with E-state index in [1.54, 1.807) is 18.8 Å². The summed E-state index contributed by atoms with van der Waals surface area (Å²) in [4.78, 5) is 19.4. The van der Waals surface area contributed by atoms with E-state index in [9.17, 15) is 4.79 Å². The van der Waals surface area contributed by atoms with Gasteiger partial charge in [0.25, 0.3) is 5.91 Å². The van der Waals surface area contributed by atoms with Crippen LogP contribution in [0.25, 0.3) is 11.3 Å². The van der Waals surface area contributed by atoms with Crippen molar-refractivity contribution in [2.45, 2.75) is 16.7 Å². The summed E-state index contributed by atoms with van der Waals surface area (Å²) in [5.41, 5.74) is 6.53. The Labute approximate surface area is 210 Å². The minimum atomic E-state index is -0.159. The molecule has 2 N–H and O–H groups in total. The molecule has 0 radical (unpaired) electrons. The molecule has 0 bridgehead atoms. The summed E-state index contributed by atoms with van der Waals surface area (Å²) in [6, 6.07) is 20.4. The molecule has 0 atom stereocenters. The van der Waals surface area contributed by atoms with Gasteiger partial charge in [-0.3, -0.25) is 9.79 Å². The molecule has 2 aliphatic heterocycles. The van der Waals surface area contributed by atoms with Crippen LogP contribution in [0.2, 0.25) is 0 Å². The number of ether oxygens (including phenoxy) is 1. The Bertz CT molecular complexity index is 1580. The molecule has 0 spiro atoms. The highest BCUT2D eigenvalue weighted by Crippen LogP contribution is 2.44. The number of nitrogens with zero attached hydrogens (tertiary/aromatic N) is 3. The SMILES string of the molecule is CN=c1scc(-c2ccc3c(c2)NC(=O)CO3)n1/N=C(/C)c1ccc2c(c1)Nc1ccccc1S2. The number of thiazole rings is 1. The second-order valence-corrected chi connectivity index (χ2v) is 10.0. The van der Waals surface area contributed by atoms with E-state index in [1.807, 2.05) is 41.2 Å². The van der Waals surface area contributed by atoms with Gasteiger partial charge in [0, 0.05) is 27.8 Å². The van der Waals surface area contributed by atoms with Gasteiger partial charge in [-0.2, -0.15) is 5.10 Å². The summed E-state index contributed by atoms with van der Waals surface area (Å²) in [7, 11) is 1.76. The maximum absolute atomic E-state index is 11.8. The highest BCUT2D eigenvalue weighted by molar-refractivity contribution is 7.99. The molecule has 0 saturated carbocycles. The number of nitrogens with one attached hydrogen (secondary N) is 2. The monoisotopic (exact) mass is 499 g/mol. The van der Waals surface area contributed by atoms with Gasteiger partial charge in [0.1, 0.15) is 5.75 Å². The first-order valence-corrected chi connectivity index (χ1v) is 12.7. The quantitative estimate of drug-likeness (QED) is 0.319. The fraction of sp³-hybridized carbons (Fsp3) is 0.115. The zero-order chi connectivity index (χ0) is 23.9. The van der Waals surface area contributed by atoms with E-state index in [2.05, 4.69) is 52.0 Å². The Morgan fingerprint density at radius 2 is 1.86 bits per heavy atom. The van der Waals surface area contributed by atoms with Gasteiger partial charge in [0.2, 0.25) is 4.80 Å². The van der Waals surface area contributed by atoms with Crippen LogP contribution in [0.4, 0.5) is 17.1 Å². The first-order chi connectivity index (χ1) is 17.1. The molecule has 1 aromatic heterocycles. The summed E-state index contributed by atoms with van der Waals surface area (Å²) in [5.74, 6) is 0.504. The van der Waals surface area contributed by atoms with Gasteiger partial charge in [-0.25, -0.2) is 4.68 Å². The molecule has 35 heavy (non-hydrogen) atoms. The Balaban J connectivity index is 1.37. The molecule has 3 heterocycles. The molecule has 6 rings (SSSR count). The molecular weight excluding hydrogens is 478 g/mol. The lowest BCUT2D eigenvalue weighted by atomic mass is 10.1. The van der Waals surface area contributed by atoms with E-state index >= 15 is 0 Å². The summed E-state index contributed by atoms with van der Waals surface area (Å²) < 4.78 is 7.35. The van der Waals surface area contributed by atoms with Crippen molar-refractivity contribution in [3.05, 3.63) is 76.4 Å². The van der Waals surface area contributed by atoms with Gasteiger partial charge in [-0.1, -0.05) is 30.0 Å². The van der Waals surface area contributed by atoms with E-state index in [1.165, 1.54) is 21.1 Å². The average Bonchev–Trinajstić information content (AvgIpc) is 3.29. The minimum absolute atomic E-state index is 0.0346. The molecule has 2 aliphatic rings. The lowest BCUT2D eigenvalue weighted by molar-refractivity contribution is -0.118. The molecule has 174 valence electrons. The van der Waals surface area contributed by atoms with Crippen LogP contribution >= 0.6 is 23.1 Å². The van der Waals surface area contributed by atoms with Crippen LogP contribution in [0.1, 0.15) is 12.5 Å². The van der Waals surface area contributed by atoms with Gasteiger partial charge in [-0.15, -0.1) is 11.3 Å².